The van der Waals surface area contributed by atoms with Crippen molar-refractivity contribution in [3.63, 3.8) is 0 Å². The number of amides is 3. The molecule has 0 spiro atoms. The second-order valence-electron chi connectivity index (χ2n) is 5.43. The minimum absolute atomic E-state index is 0.0717. The van der Waals surface area contributed by atoms with Gasteiger partial charge in [-0.25, -0.2) is 4.79 Å². The Kier molecular flexibility index (Phi) is 5.68. The molecule has 1 aliphatic rings. The van der Waals surface area contributed by atoms with Gasteiger partial charge in [-0.3, -0.25) is 4.79 Å². The van der Waals surface area contributed by atoms with Gasteiger partial charge in [0.2, 0.25) is 0 Å². The second kappa shape index (κ2) is 7.58. The van der Waals surface area contributed by atoms with Gasteiger partial charge in [0.15, 0.2) is 0 Å². The minimum Gasteiger partial charge on any atom is -0.435 e. The molecular weight excluding hydrogens is 362 g/mol. The molecule has 1 saturated heterocycles. The first kappa shape index (κ1) is 19.5. The van der Waals surface area contributed by atoms with Gasteiger partial charge >= 0.3 is 19.3 Å². The van der Waals surface area contributed by atoms with Crippen molar-refractivity contribution in [3.8, 4) is 11.5 Å². The number of hydrazone groups is 1. The van der Waals surface area contributed by atoms with E-state index in [9.17, 15) is 27.2 Å². The molecular formula is C15H15F4N3O4. The monoisotopic (exact) mass is 377 g/mol. The Morgan fingerprint density at radius 2 is 1.88 bits per heavy atom. The smallest absolute Gasteiger partial charge is 0.387 e. The van der Waals surface area contributed by atoms with Crippen molar-refractivity contribution in [2.75, 3.05) is 0 Å². The largest absolute Gasteiger partial charge is 0.435 e. The van der Waals surface area contributed by atoms with Gasteiger partial charge in [0.1, 0.15) is 17.0 Å². The van der Waals surface area contributed by atoms with Crippen LogP contribution < -0.4 is 14.8 Å². The number of benzene rings is 1. The van der Waals surface area contributed by atoms with E-state index in [0.717, 1.165) is 24.4 Å². The van der Waals surface area contributed by atoms with E-state index < -0.39 is 42.2 Å². The van der Waals surface area contributed by atoms with Crippen molar-refractivity contribution in [1.82, 2.24) is 10.3 Å². The number of carbonyl (C=O) groups excluding carboxylic acids is 2. The highest BCUT2D eigenvalue weighted by atomic mass is 19.3. The molecule has 1 aromatic carbocycles. The predicted octanol–water partition coefficient (Wildman–Crippen LogP) is 2.94. The van der Waals surface area contributed by atoms with Crippen LogP contribution in [0, 0.1) is 0 Å². The number of carbonyl (C=O) groups is 2. The molecule has 0 saturated carbocycles. The van der Waals surface area contributed by atoms with Gasteiger partial charge in [-0.05, 0) is 25.5 Å². The van der Waals surface area contributed by atoms with E-state index in [2.05, 4.69) is 19.9 Å². The van der Waals surface area contributed by atoms with Crippen LogP contribution in [0.25, 0.3) is 0 Å². The average Bonchev–Trinajstić information content (AvgIpc) is 2.76. The predicted molar refractivity (Wildman–Crippen MR) is 81.4 cm³/mol. The normalized spacial score (nSPS) is 20.4. The fourth-order valence-electron chi connectivity index (χ4n) is 2.13. The van der Waals surface area contributed by atoms with Crippen molar-refractivity contribution in [1.29, 1.82) is 0 Å². The number of rotatable bonds is 7. The summed E-state index contributed by atoms with van der Waals surface area (Å²) >= 11 is 0. The number of hydrogen-bond donors (Lipinski definition) is 1. The fourth-order valence-corrected chi connectivity index (χ4v) is 2.13. The molecule has 7 nitrogen and oxygen atoms in total. The van der Waals surface area contributed by atoms with Crippen LogP contribution in [0.5, 0.6) is 11.5 Å². The zero-order chi connectivity index (χ0) is 19.5. The van der Waals surface area contributed by atoms with E-state index in [4.69, 9.17) is 0 Å². The summed E-state index contributed by atoms with van der Waals surface area (Å²) in [6.07, 6.45) is 1.26. The minimum atomic E-state index is -3.23. The highest BCUT2D eigenvalue weighted by Crippen LogP contribution is 2.27. The number of nitrogens with zero attached hydrogens (tertiary/aromatic N) is 2. The quantitative estimate of drug-likeness (QED) is 0.450. The molecule has 142 valence electrons. The first-order valence-corrected chi connectivity index (χ1v) is 7.40. The van der Waals surface area contributed by atoms with Gasteiger partial charge in [0.05, 0.1) is 6.21 Å². The van der Waals surface area contributed by atoms with E-state index in [1.54, 1.807) is 6.92 Å². The second-order valence-corrected chi connectivity index (χ2v) is 5.43. The summed E-state index contributed by atoms with van der Waals surface area (Å²) in [6.45, 7) is -3.16. The van der Waals surface area contributed by atoms with Crippen molar-refractivity contribution in [2.45, 2.75) is 39.0 Å². The molecule has 0 aromatic heterocycles. The van der Waals surface area contributed by atoms with Gasteiger partial charge < -0.3 is 14.8 Å². The van der Waals surface area contributed by atoms with E-state index in [1.807, 2.05) is 0 Å². The maximum Gasteiger partial charge on any atom is 0.387 e. The number of urea groups is 1. The third-order valence-corrected chi connectivity index (χ3v) is 3.69. The highest BCUT2D eigenvalue weighted by Gasteiger charge is 2.46. The Morgan fingerprint density at radius 3 is 2.42 bits per heavy atom. The molecule has 0 bridgehead atoms. The summed E-state index contributed by atoms with van der Waals surface area (Å²) < 4.78 is 57.9. The topological polar surface area (TPSA) is 80.2 Å². The van der Waals surface area contributed by atoms with Gasteiger partial charge in [0, 0.05) is 11.6 Å². The van der Waals surface area contributed by atoms with E-state index in [-0.39, 0.29) is 5.56 Å². The van der Waals surface area contributed by atoms with E-state index in [1.165, 1.54) is 6.92 Å². The van der Waals surface area contributed by atoms with Gasteiger partial charge in [-0.15, -0.1) is 5.01 Å². The lowest BCUT2D eigenvalue weighted by Crippen LogP contribution is -2.42. The molecule has 0 aliphatic carbocycles. The van der Waals surface area contributed by atoms with Crippen molar-refractivity contribution < 1.29 is 36.6 Å². The zero-order valence-corrected chi connectivity index (χ0v) is 13.7. The van der Waals surface area contributed by atoms with Gasteiger partial charge in [-0.1, -0.05) is 6.92 Å². The van der Waals surface area contributed by atoms with Crippen molar-refractivity contribution in [3.05, 3.63) is 23.8 Å². The number of alkyl halides is 4. The standard InChI is InChI=1S/C15H15F4N3O4/c1-3-15(2)11(23)22(14(24)21-15)20-7-8-4-5-9(25-12(16)17)6-10(8)26-13(18)19/h4-7,12-13H,3H2,1-2H3,(H,21,24). The summed E-state index contributed by atoms with van der Waals surface area (Å²) in [5.74, 6) is -1.52. The Bertz CT molecular complexity index is 729. The zero-order valence-electron chi connectivity index (χ0n) is 13.7. The van der Waals surface area contributed by atoms with Gasteiger partial charge in [0.25, 0.3) is 5.91 Å². The number of halogens is 4. The maximum atomic E-state index is 12.5. The third kappa shape index (κ3) is 4.21. The van der Waals surface area contributed by atoms with Crippen LogP contribution >= 0.6 is 0 Å². The molecule has 1 N–H and O–H groups in total. The van der Waals surface area contributed by atoms with Crippen LogP contribution in [0.1, 0.15) is 25.8 Å². The number of hydrogen-bond acceptors (Lipinski definition) is 5. The van der Waals surface area contributed by atoms with Crippen LogP contribution in [-0.4, -0.2) is 41.9 Å². The van der Waals surface area contributed by atoms with Crippen LogP contribution in [0.4, 0.5) is 22.4 Å². The first-order valence-electron chi connectivity index (χ1n) is 7.40. The molecule has 3 amide bonds. The SMILES string of the molecule is CCC1(C)NC(=O)N(N=Cc2ccc(OC(F)F)cc2OC(F)F)C1=O. The lowest BCUT2D eigenvalue weighted by atomic mass is 10.00. The highest BCUT2D eigenvalue weighted by molar-refractivity contribution is 6.07. The summed E-state index contributed by atoms with van der Waals surface area (Å²) in [5, 5.41) is 6.71. The number of imide groups is 1. The van der Waals surface area contributed by atoms with Crippen molar-refractivity contribution >= 4 is 18.2 Å². The summed E-state index contributed by atoms with van der Waals surface area (Å²) in [4.78, 5) is 24.0. The van der Waals surface area contributed by atoms with E-state index in [0.29, 0.717) is 11.4 Å². The molecule has 2 rings (SSSR count). The Morgan fingerprint density at radius 1 is 1.23 bits per heavy atom. The Balaban J connectivity index is 2.28. The van der Waals surface area contributed by atoms with Crippen LogP contribution in [0.15, 0.2) is 23.3 Å². The molecule has 26 heavy (non-hydrogen) atoms. The maximum absolute atomic E-state index is 12.5. The van der Waals surface area contributed by atoms with E-state index >= 15 is 0 Å². The fraction of sp³-hybridized carbons (Fsp3) is 0.400. The third-order valence-electron chi connectivity index (χ3n) is 3.69. The average molecular weight is 377 g/mol. The van der Waals surface area contributed by atoms with Crippen LogP contribution in [0.2, 0.25) is 0 Å². The molecule has 11 heteroatoms. The number of nitrogens with one attached hydrogen (secondary N) is 1. The summed E-state index contributed by atoms with van der Waals surface area (Å²) in [7, 11) is 0. The number of ether oxygens (including phenoxy) is 2. The molecule has 1 atom stereocenters. The Hall–Kier alpha value is -2.85. The first-order chi connectivity index (χ1) is 12.2. The van der Waals surface area contributed by atoms with Crippen molar-refractivity contribution in [2.24, 2.45) is 5.10 Å². The van der Waals surface area contributed by atoms with Crippen LogP contribution in [0.3, 0.4) is 0 Å². The molecule has 0 radical (unpaired) electrons. The molecule has 1 aromatic rings. The summed E-state index contributed by atoms with van der Waals surface area (Å²) in [5.41, 5.74) is -1.19. The molecule has 1 fully saturated rings. The van der Waals surface area contributed by atoms with Gasteiger partial charge in [-0.2, -0.15) is 22.7 Å². The molecule has 1 heterocycles. The molecule has 1 unspecified atom stereocenters. The van der Waals surface area contributed by atoms with Crippen LogP contribution in [-0.2, 0) is 4.79 Å². The molecule has 1 aliphatic heterocycles. The Labute approximate surface area is 145 Å². The lowest BCUT2D eigenvalue weighted by Gasteiger charge is -2.17. The summed E-state index contributed by atoms with van der Waals surface area (Å²) in [6, 6.07) is 2.25. The lowest BCUT2D eigenvalue weighted by molar-refractivity contribution is -0.130.